The van der Waals surface area contributed by atoms with Crippen LogP contribution in [0.3, 0.4) is 0 Å². The van der Waals surface area contributed by atoms with Crippen molar-refractivity contribution in [1.82, 2.24) is 10.3 Å². The molecule has 0 atom stereocenters. The largest absolute Gasteiger partial charge is 0.476 e. The summed E-state index contributed by atoms with van der Waals surface area (Å²) in [5.41, 5.74) is 0. The third-order valence-corrected chi connectivity index (χ3v) is 2.81. The van der Waals surface area contributed by atoms with Gasteiger partial charge in [0.05, 0.1) is 0 Å². The number of hydrogen-bond donors (Lipinski definition) is 1. The normalized spacial score (nSPS) is 12.9. The molecule has 0 unspecified atom stereocenters. The monoisotopic (exact) mass is 246 g/mol. The number of pyridine rings is 1. The van der Waals surface area contributed by atoms with Crippen LogP contribution < -0.4 is 19.5 Å². The van der Waals surface area contributed by atoms with Gasteiger partial charge in [-0.1, -0.05) is 0 Å². The van der Waals surface area contributed by atoms with E-state index in [1.807, 2.05) is 25.2 Å². The van der Waals surface area contributed by atoms with Crippen LogP contribution in [0.25, 0.3) is 10.8 Å². The Morgan fingerprint density at radius 1 is 1.33 bits per heavy atom. The SMILES string of the molecule is CNCCOc1nccc2cc3c(cc12)OCO3. The topological polar surface area (TPSA) is 52.6 Å². The molecule has 0 saturated heterocycles. The Kier molecular flexibility index (Phi) is 2.90. The van der Waals surface area contributed by atoms with Gasteiger partial charge in [-0.25, -0.2) is 4.98 Å². The van der Waals surface area contributed by atoms with Gasteiger partial charge in [0.1, 0.15) is 6.61 Å². The Balaban J connectivity index is 1.99. The maximum absolute atomic E-state index is 5.65. The molecule has 5 heteroatoms. The van der Waals surface area contributed by atoms with Gasteiger partial charge in [0.25, 0.3) is 0 Å². The Hall–Kier alpha value is -2.01. The van der Waals surface area contributed by atoms with Crippen molar-refractivity contribution in [3.63, 3.8) is 0 Å². The average molecular weight is 246 g/mol. The van der Waals surface area contributed by atoms with Gasteiger partial charge in [-0.05, 0) is 30.6 Å². The maximum Gasteiger partial charge on any atom is 0.231 e. The van der Waals surface area contributed by atoms with Gasteiger partial charge in [-0.2, -0.15) is 0 Å². The molecule has 18 heavy (non-hydrogen) atoms. The van der Waals surface area contributed by atoms with Crippen molar-refractivity contribution in [2.24, 2.45) is 0 Å². The quantitative estimate of drug-likeness (QED) is 0.830. The lowest BCUT2D eigenvalue weighted by Crippen LogP contribution is -2.16. The van der Waals surface area contributed by atoms with Gasteiger partial charge in [0.15, 0.2) is 11.5 Å². The van der Waals surface area contributed by atoms with E-state index in [4.69, 9.17) is 14.2 Å². The fourth-order valence-corrected chi connectivity index (χ4v) is 1.90. The average Bonchev–Trinajstić information content (AvgIpc) is 2.84. The molecule has 2 heterocycles. The standard InChI is InChI=1S/C13H14N2O3/c1-14-4-5-16-13-10-7-12-11(17-8-18-12)6-9(10)2-3-15-13/h2-3,6-7,14H,4-5,8H2,1H3. The summed E-state index contributed by atoms with van der Waals surface area (Å²) < 4.78 is 16.4. The van der Waals surface area contributed by atoms with Crippen LogP contribution in [-0.4, -0.2) is 32.0 Å². The van der Waals surface area contributed by atoms with Crippen molar-refractivity contribution < 1.29 is 14.2 Å². The second-order valence-corrected chi connectivity index (χ2v) is 3.99. The van der Waals surface area contributed by atoms with Crippen LogP contribution in [0.15, 0.2) is 24.4 Å². The van der Waals surface area contributed by atoms with E-state index in [0.29, 0.717) is 12.5 Å². The Morgan fingerprint density at radius 2 is 2.17 bits per heavy atom. The highest BCUT2D eigenvalue weighted by molar-refractivity contribution is 5.90. The lowest BCUT2D eigenvalue weighted by atomic mass is 10.1. The zero-order valence-corrected chi connectivity index (χ0v) is 10.1. The van der Waals surface area contributed by atoms with E-state index in [-0.39, 0.29) is 6.79 Å². The first kappa shape index (κ1) is 11.1. The summed E-state index contributed by atoms with van der Waals surface area (Å²) in [5.74, 6) is 2.14. The first-order valence-corrected chi connectivity index (χ1v) is 5.84. The van der Waals surface area contributed by atoms with Gasteiger partial charge in [0, 0.05) is 18.1 Å². The summed E-state index contributed by atoms with van der Waals surface area (Å²) >= 11 is 0. The van der Waals surface area contributed by atoms with Gasteiger partial charge in [-0.15, -0.1) is 0 Å². The molecule has 0 spiro atoms. The van der Waals surface area contributed by atoms with Crippen molar-refractivity contribution in [3.8, 4) is 17.4 Å². The molecule has 3 rings (SSSR count). The number of nitrogens with one attached hydrogen (secondary N) is 1. The number of likely N-dealkylation sites (N-methyl/N-ethyl adjacent to an activating group) is 1. The summed E-state index contributed by atoms with van der Waals surface area (Å²) in [6.07, 6.45) is 1.74. The Labute approximate surface area is 105 Å². The maximum atomic E-state index is 5.65. The molecule has 0 aliphatic carbocycles. The highest BCUT2D eigenvalue weighted by Crippen LogP contribution is 2.38. The molecule has 5 nitrogen and oxygen atoms in total. The summed E-state index contributed by atoms with van der Waals surface area (Å²) in [5, 5.41) is 5.01. The molecule has 1 aromatic heterocycles. The second kappa shape index (κ2) is 4.70. The number of nitrogens with zero attached hydrogens (tertiary/aromatic N) is 1. The lowest BCUT2D eigenvalue weighted by molar-refractivity contribution is 0.174. The van der Waals surface area contributed by atoms with E-state index in [1.165, 1.54) is 0 Å². The number of ether oxygens (including phenoxy) is 3. The molecule has 94 valence electrons. The molecular weight excluding hydrogens is 232 g/mol. The van der Waals surface area contributed by atoms with Gasteiger partial charge in [-0.3, -0.25) is 0 Å². The van der Waals surface area contributed by atoms with E-state index in [0.717, 1.165) is 28.8 Å². The summed E-state index contributed by atoms with van der Waals surface area (Å²) in [6.45, 7) is 1.63. The van der Waals surface area contributed by atoms with Crippen LogP contribution >= 0.6 is 0 Å². The molecule has 0 amide bonds. The Bertz CT molecular complexity index is 571. The fraction of sp³-hybridized carbons (Fsp3) is 0.308. The van der Waals surface area contributed by atoms with E-state index in [9.17, 15) is 0 Å². The van der Waals surface area contributed by atoms with Crippen LogP contribution in [0.1, 0.15) is 0 Å². The smallest absolute Gasteiger partial charge is 0.231 e. The van der Waals surface area contributed by atoms with Crippen LogP contribution in [-0.2, 0) is 0 Å². The summed E-state index contributed by atoms with van der Waals surface area (Å²) in [4.78, 5) is 4.26. The Morgan fingerprint density at radius 3 is 3.00 bits per heavy atom. The highest BCUT2D eigenvalue weighted by Gasteiger charge is 2.16. The van der Waals surface area contributed by atoms with Gasteiger partial charge < -0.3 is 19.5 Å². The summed E-state index contributed by atoms with van der Waals surface area (Å²) in [7, 11) is 1.89. The van der Waals surface area contributed by atoms with Gasteiger partial charge >= 0.3 is 0 Å². The van der Waals surface area contributed by atoms with Crippen molar-refractivity contribution >= 4 is 10.8 Å². The van der Waals surface area contributed by atoms with Crippen molar-refractivity contribution in [2.75, 3.05) is 27.0 Å². The first-order valence-electron chi connectivity index (χ1n) is 5.84. The van der Waals surface area contributed by atoms with E-state index in [2.05, 4.69) is 10.3 Å². The first-order chi connectivity index (χ1) is 8.88. The summed E-state index contributed by atoms with van der Waals surface area (Å²) in [6, 6.07) is 5.80. The minimum absolute atomic E-state index is 0.273. The van der Waals surface area contributed by atoms with Crippen LogP contribution in [0.2, 0.25) is 0 Å². The molecule has 1 aromatic carbocycles. The molecule has 1 N–H and O–H groups in total. The molecule has 0 radical (unpaired) electrons. The lowest BCUT2D eigenvalue weighted by Gasteiger charge is -2.08. The fourth-order valence-electron chi connectivity index (χ4n) is 1.90. The van der Waals surface area contributed by atoms with Crippen molar-refractivity contribution in [1.29, 1.82) is 0 Å². The minimum Gasteiger partial charge on any atom is -0.476 e. The highest BCUT2D eigenvalue weighted by atomic mass is 16.7. The van der Waals surface area contributed by atoms with Gasteiger partial charge in [0.2, 0.25) is 12.7 Å². The second-order valence-electron chi connectivity index (χ2n) is 3.99. The van der Waals surface area contributed by atoms with Crippen LogP contribution in [0.5, 0.6) is 17.4 Å². The van der Waals surface area contributed by atoms with Crippen LogP contribution in [0, 0.1) is 0 Å². The van der Waals surface area contributed by atoms with Crippen molar-refractivity contribution in [2.45, 2.75) is 0 Å². The number of aromatic nitrogens is 1. The van der Waals surface area contributed by atoms with Crippen LogP contribution in [0.4, 0.5) is 0 Å². The molecule has 1 aliphatic heterocycles. The number of hydrogen-bond acceptors (Lipinski definition) is 5. The molecule has 2 aromatic rings. The molecule has 0 bridgehead atoms. The predicted octanol–water partition coefficient (Wildman–Crippen LogP) is 1.56. The number of benzene rings is 1. The third kappa shape index (κ3) is 1.93. The number of fused-ring (bicyclic) bond motifs is 2. The molecular formula is C13H14N2O3. The molecule has 0 saturated carbocycles. The number of rotatable bonds is 4. The van der Waals surface area contributed by atoms with E-state index >= 15 is 0 Å². The predicted molar refractivity (Wildman–Crippen MR) is 67.3 cm³/mol. The zero-order valence-electron chi connectivity index (χ0n) is 10.1. The molecule has 0 fully saturated rings. The van der Waals surface area contributed by atoms with E-state index < -0.39 is 0 Å². The minimum atomic E-state index is 0.273. The molecule has 1 aliphatic rings. The van der Waals surface area contributed by atoms with Crippen molar-refractivity contribution in [3.05, 3.63) is 24.4 Å². The third-order valence-electron chi connectivity index (χ3n) is 2.81. The zero-order chi connectivity index (χ0) is 12.4. The van der Waals surface area contributed by atoms with E-state index in [1.54, 1.807) is 6.20 Å².